The molecule has 0 unspecified atom stereocenters. The van der Waals surface area contributed by atoms with Crippen LogP contribution in [0.3, 0.4) is 0 Å². The first kappa shape index (κ1) is 13.5. The van der Waals surface area contributed by atoms with Crippen LogP contribution >= 0.6 is 0 Å². The average molecular weight is 227 g/mol. The molecule has 1 N–H and O–H groups in total. The fourth-order valence-electron chi connectivity index (χ4n) is 2.05. The van der Waals surface area contributed by atoms with Gasteiger partial charge in [0.05, 0.1) is 5.41 Å². The molecular weight excluding hydrogens is 202 g/mol. The van der Waals surface area contributed by atoms with Crippen molar-refractivity contribution in [1.82, 2.24) is 4.90 Å². The smallest absolute Gasteiger partial charge is 0.310 e. The summed E-state index contributed by atoms with van der Waals surface area (Å²) in [5.41, 5.74) is -1.00. The van der Waals surface area contributed by atoms with E-state index >= 15 is 0 Å². The number of carboxylic acid groups (broad SMARTS) is 1. The van der Waals surface area contributed by atoms with Crippen LogP contribution in [0.25, 0.3) is 0 Å². The van der Waals surface area contributed by atoms with Crippen molar-refractivity contribution in [2.24, 2.45) is 17.3 Å². The predicted molar refractivity (Wildman–Crippen MR) is 65.4 cm³/mol. The van der Waals surface area contributed by atoms with Gasteiger partial charge in [-0.3, -0.25) is 9.69 Å². The maximum atomic E-state index is 11.3. The summed E-state index contributed by atoms with van der Waals surface area (Å²) in [5, 5.41) is 9.29. The topological polar surface area (TPSA) is 40.5 Å². The van der Waals surface area contributed by atoms with Crippen LogP contribution in [0, 0.1) is 17.3 Å². The number of hydrogen-bond donors (Lipinski definition) is 1. The molecule has 0 amide bonds. The number of likely N-dealkylation sites (tertiary alicyclic amines) is 1. The summed E-state index contributed by atoms with van der Waals surface area (Å²) in [5.74, 6) is 0.703. The molecule has 1 rings (SSSR count). The molecule has 3 nitrogen and oxygen atoms in total. The lowest BCUT2D eigenvalue weighted by molar-refractivity contribution is -0.161. The maximum absolute atomic E-state index is 11.3. The molecule has 0 aliphatic carbocycles. The van der Waals surface area contributed by atoms with Gasteiger partial charge in [-0.1, -0.05) is 13.8 Å². The summed E-state index contributed by atoms with van der Waals surface area (Å²) in [6.07, 6.45) is 0. The van der Waals surface area contributed by atoms with E-state index in [-0.39, 0.29) is 5.54 Å². The van der Waals surface area contributed by atoms with Crippen molar-refractivity contribution in [3.05, 3.63) is 0 Å². The van der Waals surface area contributed by atoms with Gasteiger partial charge in [-0.2, -0.15) is 0 Å². The molecule has 3 heteroatoms. The van der Waals surface area contributed by atoms with E-state index < -0.39 is 11.4 Å². The van der Waals surface area contributed by atoms with E-state index in [1.807, 2.05) is 27.7 Å². The number of aliphatic carboxylic acids is 1. The monoisotopic (exact) mass is 227 g/mol. The van der Waals surface area contributed by atoms with Gasteiger partial charge in [0.2, 0.25) is 0 Å². The molecule has 0 aromatic heterocycles. The second kappa shape index (κ2) is 4.02. The van der Waals surface area contributed by atoms with Crippen molar-refractivity contribution < 1.29 is 9.90 Å². The van der Waals surface area contributed by atoms with Gasteiger partial charge in [0, 0.05) is 18.6 Å². The van der Waals surface area contributed by atoms with Crippen LogP contribution < -0.4 is 0 Å². The first-order valence-electron chi connectivity index (χ1n) is 6.09. The zero-order valence-electron chi connectivity index (χ0n) is 11.4. The lowest BCUT2D eigenvalue weighted by Gasteiger charge is -2.55. The number of nitrogens with zero attached hydrogens (tertiary/aromatic N) is 1. The average Bonchev–Trinajstić information content (AvgIpc) is 1.98. The molecule has 0 bridgehead atoms. The molecule has 1 fully saturated rings. The van der Waals surface area contributed by atoms with E-state index in [9.17, 15) is 9.90 Å². The highest BCUT2D eigenvalue weighted by Gasteiger charge is 2.50. The standard InChI is InChI=1S/C13H25NO2/c1-9(2)10-7-14(8-10)13(5,6)12(3,4)11(15)16/h9-10H,7-8H2,1-6H3,(H,15,16). The zero-order chi connectivity index (χ0) is 12.7. The third-order valence-corrected chi connectivity index (χ3v) is 4.71. The molecule has 0 atom stereocenters. The molecule has 1 heterocycles. The van der Waals surface area contributed by atoms with Crippen molar-refractivity contribution in [3.8, 4) is 0 Å². The van der Waals surface area contributed by atoms with E-state index in [2.05, 4.69) is 18.7 Å². The molecule has 0 aromatic carbocycles. The van der Waals surface area contributed by atoms with Crippen LogP contribution in [0.15, 0.2) is 0 Å². The molecule has 0 aromatic rings. The van der Waals surface area contributed by atoms with Crippen molar-refractivity contribution in [3.63, 3.8) is 0 Å². The molecule has 1 aliphatic heterocycles. The fourth-order valence-corrected chi connectivity index (χ4v) is 2.05. The maximum Gasteiger partial charge on any atom is 0.310 e. The van der Waals surface area contributed by atoms with Gasteiger partial charge in [0.1, 0.15) is 0 Å². The quantitative estimate of drug-likeness (QED) is 0.802. The summed E-state index contributed by atoms with van der Waals surface area (Å²) in [6, 6.07) is 0. The van der Waals surface area contributed by atoms with Gasteiger partial charge in [0.25, 0.3) is 0 Å². The highest BCUT2D eigenvalue weighted by molar-refractivity contribution is 5.75. The predicted octanol–water partition coefficient (Wildman–Crippen LogP) is 2.46. The van der Waals surface area contributed by atoms with Crippen LogP contribution in [-0.4, -0.2) is 34.6 Å². The summed E-state index contributed by atoms with van der Waals surface area (Å²) in [7, 11) is 0. The number of carboxylic acids is 1. The number of rotatable bonds is 4. The molecule has 1 aliphatic rings. The second-order valence-electron chi connectivity index (χ2n) is 6.40. The number of hydrogen-bond acceptors (Lipinski definition) is 2. The van der Waals surface area contributed by atoms with E-state index in [1.165, 1.54) is 0 Å². The van der Waals surface area contributed by atoms with Gasteiger partial charge >= 0.3 is 5.97 Å². The second-order valence-corrected chi connectivity index (χ2v) is 6.40. The van der Waals surface area contributed by atoms with E-state index in [0.717, 1.165) is 19.0 Å². The Hall–Kier alpha value is -0.570. The fraction of sp³-hybridized carbons (Fsp3) is 0.923. The molecule has 16 heavy (non-hydrogen) atoms. The van der Waals surface area contributed by atoms with Crippen LogP contribution in [0.2, 0.25) is 0 Å². The van der Waals surface area contributed by atoms with E-state index in [4.69, 9.17) is 0 Å². The van der Waals surface area contributed by atoms with E-state index in [0.29, 0.717) is 5.92 Å². The Morgan fingerprint density at radius 1 is 1.25 bits per heavy atom. The lowest BCUT2D eigenvalue weighted by Crippen LogP contribution is -2.65. The van der Waals surface area contributed by atoms with Crippen molar-refractivity contribution >= 4 is 5.97 Å². The minimum absolute atomic E-state index is 0.287. The first-order valence-corrected chi connectivity index (χ1v) is 6.09. The molecule has 0 spiro atoms. The summed E-state index contributed by atoms with van der Waals surface area (Å²) in [6.45, 7) is 14.2. The van der Waals surface area contributed by atoms with Crippen molar-refractivity contribution in [1.29, 1.82) is 0 Å². The zero-order valence-corrected chi connectivity index (χ0v) is 11.4. The van der Waals surface area contributed by atoms with Crippen LogP contribution in [0.5, 0.6) is 0 Å². The van der Waals surface area contributed by atoms with Gasteiger partial charge in [-0.05, 0) is 39.5 Å². The highest BCUT2D eigenvalue weighted by atomic mass is 16.4. The molecule has 0 saturated carbocycles. The SMILES string of the molecule is CC(C)C1CN(C(C)(C)C(C)(C)C(=O)O)C1. The molecule has 94 valence electrons. The molecule has 0 radical (unpaired) electrons. The Labute approximate surface area is 98.8 Å². The van der Waals surface area contributed by atoms with Crippen molar-refractivity contribution in [2.45, 2.75) is 47.1 Å². The Kier molecular flexibility index (Phi) is 3.39. The first-order chi connectivity index (χ1) is 7.10. The largest absolute Gasteiger partial charge is 0.481 e. The molecule has 1 saturated heterocycles. The summed E-state index contributed by atoms with van der Waals surface area (Å²) < 4.78 is 0. The normalized spacial score (nSPS) is 19.9. The van der Waals surface area contributed by atoms with Gasteiger partial charge in [-0.25, -0.2) is 0 Å². The summed E-state index contributed by atoms with van der Waals surface area (Å²) >= 11 is 0. The van der Waals surface area contributed by atoms with E-state index in [1.54, 1.807) is 0 Å². The number of carbonyl (C=O) groups is 1. The minimum atomic E-state index is -0.717. The minimum Gasteiger partial charge on any atom is -0.481 e. The van der Waals surface area contributed by atoms with Crippen LogP contribution in [-0.2, 0) is 4.79 Å². The van der Waals surface area contributed by atoms with Crippen LogP contribution in [0.4, 0.5) is 0 Å². The van der Waals surface area contributed by atoms with Crippen LogP contribution in [0.1, 0.15) is 41.5 Å². The Balaban J connectivity index is 2.71. The van der Waals surface area contributed by atoms with Crippen molar-refractivity contribution in [2.75, 3.05) is 13.1 Å². The highest BCUT2D eigenvalue weighted by Crippen LogP contribution is 2.41. The Bertz CT molecular complexity index is 276. The lowest BCUT2D eigenvalue weighted by atomic mass is 9.70. The van der Waals surface area contributed by atoms with Gasteiger partial charge in [0.15, 0.2) is 0 Å². The Morgan fingerprint density at radius 2 is 1.69 bits per heavy atom. The van der Waals surface area contributed by atoms with Gasteiger partial charge in [-0.15, -0.1) is 0 Å². The molecular formula is C13H25NO2. The third-order valence-electron chi connectivity index (χ3n) is 4.71. The summed E-state index contributed by atoms with van der Waals surface area (Å²) in [4.78, 5) is 13.6. The third kappa shape index (κ3) is 1.97. The Morgan fingerprint density at radius 3 is 2.00 bits per heavy atom. The van der Waals surface area contributed by atoms with Gasteiger partial charge < -0.3 is 5.11 Å².